The lowest BCUT2D eigenvalue weighted by molar-refractivity contribution is -0.116. The summed E-state index contributed by atoms with van der Waals surface area (Å²) in [4.78, 5) is 11.8. The number of aryl methyl sites for hydroxylation is 1. The topological polar surface area (TPSA) is 38.3 Å². The maximum atomic E-state index is 13.4. The zero-order valence-corrected chi connectivity index (χ0v) is 11.2. The van der Waals surface area contributed by atoms with Gasteiger partial charge in [0.2, 0.25) is 5.91 Å². The molecule has 20 heavy (non-hydrogen) atoms. The molecule has 0 saturated carbocycles. The van der Waals surface area contributed by atoms with Crippen molar-refractivity contribution in [1.82, 2.24) is 0 Å². The molecule has 0 atom stereocenters. The number of carbonyl (C=O) groups is 1. The minimum Gasteiger partial charge on any atom is -0.497 e. The molecule has 0 heterocycles. The number of carbonyl (C=O) groups excluding carboxylic acids is 1. The molecule has 0 aromatic heterocycles. The lowest BCUT2D eigenvalue weighted by Crippen LogP contribution is -2.12. The van der Waals surface area contributed by atoms with E-state index in [-0.39, 0.29) is 18.1 Å². The first kappa shape index (κ1) is 14.1. The highest BCUT2D eigenvalue weighted by Gasteiger charge is 2.06. The fourth-order valence-corrected chi connectivity index (χ4v) is 1.87. The fraction of sp³-hybridized carbons (Fsp3) is 0.188. The third kappa shape index (κ3) is 3.82. The van der Waals surface area contributed by atoms with Gasteiger partial charge in [-0.3, -0.25) is 4.79 Å². The Morgan fingerprint density at radius 1 is 1.20 bits per heavy atom. The molecule has 0 aliphatic heterocycles. The van der Waals surface area contributed by atoms with Gasteiger partial charge in [0.25, 0.3) is 0 Å². The van der Waals surface area contributed by atoms with Gasteiger partial charge < -0.3 is 10.1 Å². The van der Waals surface area contributed by atoms with Gasteiger partial charge in [-0.05, 0) is 30.2 Å². The first-order chi connectivity index (χ1) is 9.69. The molecule has 0 aliphatic carbocycles. The monoisotopic (exact) mass is 273 g/mol. The maximum absolute atomic E-state index is 13.4. The molecular weight excluding hydrogens is 257 g/mol. The molecule has 0 fully saturated rings. The summed E-state index contributed by atoms with van der Waals surface area (Å²) in [6.45, 7) is 0. The normalized spacial score (nSPS) is 10.1. The smallest absolute Gasteiger partial charge is 0.224 e. The van der Waals surface area contributed by atoms with Crippen molar-refractivity contribution >= 4 is 11.6 Å². The molecule has 104 valence electrons. The number of benzene rings is 2. The van der Waals surface area contributed by atoms with Crippen molar-refractivity contribution in [3.63, 3.8) is 0 Å². The number of ether oxygens (including phenoxy) is 1. The van der Waals surface area contributed by atoms with Crippen molar-refractivity contribution in [3.05, 3.63) is 59.9 Å². The summed E-state index contributed by atoms with van der Waals surface area (Å²) in [6.07, 6.45) is 0.612. The van der Waals surface area contributed by atoms with Crippen LogP contribution in [0.1, 0.15) is 12.0 Å². The first-order valence-electron chi connectivity index (χ1n) is 6.36. The van der Waals surface area contributed by atoms with Gasteiger partial charge in [0.15, 0.2) is 0 Å². The average molecular weight is 273 g/mol. The molecule has 3 nitrogen and oxygen atoms in total. The Bertz CT molecular complexity index is 599. The highest BCUT2D eigenvalue weighted by atomic mass is 19.1. The Labute approximate surface area is 117 Å². The van der Waals surface area contributed by atoms with Gasteiger partial charge in [-0.15, -0.1) is 0 Å². The Morgan fingerprint density at radius 2 is 2.00 bits per heavy atom. The summed E-state index contributed by atoms with van der Waals surface area (Å²) in [5, 5.41) is 2.76. The van der Waals surface area contributed by atoms with Crippen molar-refractivity contribution in [1.29, 1.82) is 0 Å². The van der Waals surface area contributed by atoms with E-state index in [4.69, 9.17) is 4.74 Å². The van der Waals surface area contributed by atoms with Gasteiger partial charge in [0.05, 0.1) is 7.11 Å². The molecule has 2 aromatic rings. The standard InChI is InChI=1S/C16H16FNO2/c1-20-14-7-4-6-13(11-14)18-16(19)10-9-12-5-2-3-8-15(12)17/h2-8,11H,9-10H2,1H3,(H,18,19). The summed E-state index contributed by atoms with van der Waals surface area (Å²) in [5.41, 5.74) is 1.22. The molecule has 2 aromatic carbocycles. The van der Waals surface area contributed by atoms with Crippen molar-refractivity contribution in [2.45, 2.75) is 12.8 Å². The zero-order valence-electron chi connectivity index (χ0n) is 11.2. The van der Waals surface area contributed by atoms with Crippen LogP contribution in [-0.2, 0) is 11.2 Å². The Hall–Kier alpha value is -2.36. The zero-order chi connectivity index (χ0) is 14.4. The third-order valence-corrected chi connectivity index (χ3v) is 2.93. The minimum absolute atomic E-state index is 0.151. The van der Waals surface area contributed by atoms with Crippen LogP contribution in [-0.4, -0.2) is 13.0 Å². The van der Waals surface area contributed by atoms with Gasteiger partial charge in [-0.2, -0.15) is 0 Å². The second-order valence-corrected chi connectivity index (χ2v) is 4.37. The van der Waals surface area contributed by atoms with Crippen LogP contribution in [0.25, 0.3) is 0 Å². The minimum atomic E-state index is -0.276. The summed E-state index contributed by atoms with van der Waals surface area (Å²) in [6, 6.07) is 13.6. The molecule has 2 rings (SSSR count). The van der Waals surface area contributed by atoms with Crippen molar-refractivity contribution < 1.29 is 13.9 Å². The molecule has 0 saturated heterocycles. The number of hydrogen-bond donors (Lipinski definition) is 1. The molecule has 0 spiro atoms. The maximum Gasteiger partial charge on any atom is 0.224 e. The number of amides is 1. The Kier molecular flexibility index (Phi) is 4.71. The number of nitrogens with one attached hydrogen (secondary N) is 1. The highest BCUT2D eigenvalue weighted by Crippen LogP contribution is 2.17. The molecule has 0 aliphatic rings. The van der Waals surface area contributed by atoms with Crippen LogP contribution in [0.5, 0.6) is 5.75 Å². The van der Waals surface area contributed by atoms with E-state index in [1.54, 1.807) is 49.6 Å². The van der Waals surface area contributed by atoms with E-state index in [1.165, 1.54) is 6.07 Å². The SMILES string of the molecule is COc1cccc(NC(=O)CCc2ccccc2F)c1. The van der Waals surface area contributed by atoms with Crippen LogP contribution < -0.4 is 10.1 Å². The number of anilines is 1. The molecule has 0 radical (unpaired) electrons. The molecule has 0 unspecified atom stereocenters. The summed E-state index contributed by atoms with van der Waals surface area (Å²) < 4.78 is 18.5. The predicted molar refractivity (Wildman–Crippen MR) is 76.3 cm³/mol. The van der Waals surface area contributed by atoms with Crippen molar-refractivity contribution in [2.24, 2.45) is 0 Å². The van der Waals surface area contributed by atoms with Gasteiger partial charge in [-0.1, -0.05) is 24.3 Å². The molecule has 1 N–H and O–H groups in total. The lowest BCUT2D eigenvalue weighted by atomic mass is 10.1. The largest absolute Gasteiger partial charge is 0.497 e. The second-order valence-electron chi connectivity index (χ2n) is 4.37. The van der Waals surface area contributed by atoms with Crippen LogP contribution in [0.4, 0.5) is 10.1 Å². The number of hydrogen-bond acceptors (Lipinski definition) is 2. The van der Waals surface area contributed by atoms with E-state index < -0.39 is 0 Å². The van der Waals surface area contributed by atoms with Crippen molar-refractivity contribution in [3.8, 4) is 5.75 Å². The van der Waals surface area contributed by atoms with E-state index in [9.17, 15) is 9.18 Å². The lowest BCUT2D eigenvalue weighted by Gasteiger charge is -2.07. The van der Waals surface area contributed by atoms with Crippen LogP contribution in [0.3, 0.4) is 0 Å². The van der Waals surface area contributed by atoms with E-state index >= 15 is 0 Å². The average Bonchev–Trinajstić information content (AvgIpc) is 2.46. The summed E-state index contributed by atoms with van der Waals surface area (Å²) in [5.74, 6) is 0.250. The van der Waals surface area contributed by atoms with Crippen molar-refractivity contribution in [2.75, 3.05) is 12.4 Å². The van der Waals surface area contributed by atoms with E-state index in [1.807, 2.05) is 0 Å². The summed E-state index contributed by atoms with van der Waals surface area (Å²) >= 11 is 0. The fourth-order valence-electron chi connectivity index (χ4n) is 1.87. The van der Waals surface area contributed by atoms with Gasteiger partial charge in [-0.25, -0.2) is 4.39 Å². The van der Waals surface area contributed by atoms with Crippen LogP contribution in [0, 0.1) is 5.82 Å². The van der Waals surface area contributed by atoms with Crippen LogP contribution in [0.15, 0.2) is 48.5 Å². The van der Waals surface area contributed by atoms with E-state index in [0.717, 1.165) is 0 Å². The third-order valence-electron chi connectivity index (χ3n) is 2.93. The van der Waals surface area contributed by atoms with Gasteiger partial charge in [0, 0.05) is 18.2 Å². The number of halogens is 1. The second kappa shape index (κ2) is 6.70. The number of rotatable bonds is 5. The van der Waals surface area contributed by atoms with Crippen LogP contribution >= 0.6 is 0 Å². The van der Waals surface area contributed by atoms with E-state index in [2.05, 4.69) is 5.32 Å². The molecule has 0 bridgehead atoms. The van der Waals surface area contributed by atoms with Gasteiger partial charge in [0.1, 0.15) is 11.6 Å². The molecule has 4 heteroatoms. The Balaban J connectivity index is 1.91. The van der Waals surface area contributed by atoms with E-state index in [0.29, 0.717) is 23.4 Å². The summed E-state index contributed by atoms with van der Waals surface area (Å²) in [7, 11) is 1.57. The Morgan fingerprint density at radius 3 is 2.75 bits per heavy atom. The number of methoxy groups -OCH3 is 1. The first-order valence-corrected chi connectivity index (χ1v) is 6.36. The van der Waals surface area contributed by atoms with Crippen LogP contribution in [0.2, 0.25) is 0 Å². The predicted octanol–water partition coefficient (Wildman–Crippen LogP) is 3.41. The molecular formula is C16H16FNO2. The highest BCUT2D eigenvalue weighted by molar-refractivity contribution is 5.91. The van der Waals surface area contributed by atoms with Gasteiger partial charge >= 0.3 is 0 Å². The molecule has 1 amide bonds. The quantitative estimate of drug-likeness (QED) is 0.906.